The molecule has 0 radical (unpaired) electrons. The molecule has 1 N–H and O–H groups in total. The van der Waals surface area contributed by atoms with E-state index in [1.54, 1.807) is 54.2 Å². The molecule has 2 aromatic carbocycles. The van der Waals surface area contributed by atoms with Crippen LogP contribution in [-0.4, -0.2) is 27.8 Å². The molecule has 0 bridgehead atoms. The first-order valence-electron chi connectivity index (χ1n) is 8.08. The number of hydrogen-bond acceptors (Lipinski definition) is 4. The van der Waals surface area contributed by atoms with Gasteiger partial charge < -0.3 is 10.1 Å². The molecule has 3 rings (SSSR count). The molecule has 1 atom stereocenters. The van der Waals surface area contributed by atoms with Gasteiger partial charge >= 0.3 is 0 Å². The zero-order valence-corrected chi connectivity index (χ0v) is 16.2. The molecule has 3 aromatic rings. The smallest absolute Gasteiger partial charge is 0.237 e. The molecule has 5 nitrogen and oxygen atoms in total. The van der Waals surface area contributed by atoms with Crippen LogP contribution >= 0.6 is 23.4 Å². The number of hydrogen-bond donors (Lipinski definition) is 1. The molecule has 0 saturated carbocycles. The number of carbonyl (C=O) groups excluding carboxylic acids is 1. The van der Waals surface area contributed by atoms with Crippen LogP contribution in [0, 0.1) is 5.82 Å². The molecule has 1 unspecified atom stereocenters. The summed E-state index contributed by atoms with van der Waals surface area (Å²) in [7, 11) is 1.52. The molecule has 0 fully saturated rings. The van der Waals surface area contributed by atoms with Crippen molar-refractivity contribution in [2.24, 2.45) is 0 Å². The number of ether oxygens (including phenoxy) is 1. The minimum atomic E-state index is -0.455. The Bertz CT molecular complexity index is 964. The van der Waals surface area contributed by atoms with Crippen molar-refractivity contribution in [3.05, 3.63) is 65.7 Å². The number of aromatic nitrogens is 2. The Labute approximate surface area is 165 Å². The average Bonchev–Trinajstić information content (AvgIpc) is 3.10. The minimum Gasteiger partial charge on any atom is -0.495 e. The van der Waals surface area contributed by atoms with Crippen LogP contribution in [0.25, 0.3) is 5.69 Å². The topological polar surface area (TPSA) is 56.1 Å². The van der Waals surface area contributed by atoms with Crippen molar-refractivity contribution in [1.82, 2.24) is 9.55 Å². The number of rotatable bonds is 6. The van der Waals surface area contributed by atoms with Gasteiger partial charge in [0.25, 0.3) is 0 Å². The number of nitrogens with one attached hydrogen (secondary N) is 1. The number of amides is 1. The fraction of sp³-hybridized carbons (Fsp3) is 0.158. The van der Waals surface area contributed by atoms with Crippen LogP contribution in [0.1, 0.15) is 6.92 Å². The van der Waals surface area contributed by atoms with E-state index in [-0.39, 0.29) is 11.7 Å². The summed E-state index contributed by atoms with van der Waals surface area (Å²) >= 11 is 7.26. The summed E-state index contributed by atoms with van der Waals surface area (Å²) in [5.74, 6) is -0.0448. The van der Waals surface area contributed by atoms with Gasteiger partial charge in [0, 0.05) is 17.4 Å². The van der Waals surface area contributed by atoms with Gasteiger partial charge in [0.05, 0.1) is 23.7 Å². The summed E-state index contributed by atoms with van der Waals surface area (Å²) in [5.41, 5.74) is 1.13. The third-order valence-corrected chi connectivity index (χ3v) is 5.08. The molecular formula is C19H17ClFN3O2S. The predicted molar refractivity (Wildman–Crippen MR) is 105 cm³/mol. The van der Waals surface area contributed by atoms with Crippen LogP contribution < -0.4 is 10.1 Å². The fourth-order valence-electron chi connectivity index (χ4n) is 2.42. The van der Waals surface area contributed by atoms with E-state index in [1.165, 1.54) is 31.0 Å². The van der Waals surface area contributed by atoms with E-state index in [4.69, 9.17) is 16.3 Å². The Morgan fingerprint density at radius 3 is 2.89 bits per heavy atom. The number of imidazole rings is 1. The van der Waals surface area contributed by atoms with Gasteiger partial charge in [0.2, 0.25) is 5.91 Å². The molecule has 1 amide bonds. The van der Waals surface area contributed by atoms with Gasteiger partial charge in [-0.05, 0) is 43.3 Å². The van der Waals surface area contributed by atoms with Crippen LogP contribution in [0.5, 0.6) is 5.75 Å². The highest BCUT2D eigenvalue weighted by Gasteiger charge is 2.19. The first-order chi connectivity index (χ1) is 13.0. The highest BCUT2D eigenvalue weighted by molar-refractivity contribution is 8.00. The van der Waals surface area contributed by atoms with Crippen molar-refractivity contribution in [1.29, 1.82) is 0 Å². The molecule has 0 aliphatic heterocycles. The number of carbonyl (C=O) groups is 1. The summed E-state index contributed by atoms with van der Waals surface area (Å²) in [4.78, 5) is 16.9. The monoisotopic (exact) mass is 405 g/mol. The molecule has 0 saturated heterocycles. The molecular weight excluding hydrogens is 389 g/mol. The Balaban J connectivity index is 1.75. The number of nitrogens with zero attached hydrogens (tertiary/aromatic N) is 2. The maximum atomic E-state index is 13.5. The van der Waals surface area contributed by atoms with Gasteiger partial charge in [-0.3, -0.25) is 9.36 Å². The van der Waals surface area contributed by atoms with E-state index >= 15 is 0 Å². The van der Waals surface area contributed by atoms with Crippen molar-refractivity contribution >= 4 is 35.0 Å². The Hall–Kier alpha value is -2.51. The van der Waals surface area contributed by atoms with E-state index in [0.717, 1.165) is 0 Å². The SMILES string of the molecule is COc1ccc(Cl)cc1NC(=O)C(C)Sc1nccn1-c1cccc(F)c1. The maximum absolute atomic E-state index is 13.5. The lowest BCUT2D eigenvalue weighted by Crippen LogP contribution is -2.23. The van der Waals surface area contributed by atoms with E-state index in [2.05, 4.69) is 10.3 Å². The predicted octanol–water partition coefficient (Wildman–Crippen LogP) is 4.79. The molecule has 27 heavy (non-hydrogen) atoms. The maximum Gasteiger partial charge on any atom is 0.237 e. The summed E-state index contributed by atoms with van der Waals surface area (Å²) < 4.78 is 20.5. The third-order valence-electron chi connectivity index (χ3n) is 3.76. The van der Waals surface area contributed by atoms with Crippen LogP contribution in [0.3, 0.4) is 0 Å². The van der Waals surface area contributed by atoms with Crippen molar-refractivity contribution in [3.63, 3.8) is 0 Å². The molecule has 1 heterocycles. The van der Waals surface area contributed by atoms with E-state index in [9.17, 15) is 9.18 Å². The standard InChI is InChI=1S/C19H17ClFN3O2S/c1-12(18(25)23-16-10-13(20)6-7-17(16)26-2)27-19-22-8-9-24(19)15-5-3-4-14(21)11-15/h3-12H,1-2H3,(H,23,25). The second-order valence-corrected chi connectivity index (χ2v) is 7.40. The molecule has 0 aliphatic rings. The normalized spacial score (nSPS) is 11.9. The summed E-state index contributed by atoms with van der Waals surface area (Å²) in [6.45, 7) is 1.77. The summed E-state index contributed by atoms with van der Waals surface area (Å²) in [6.07, 6.45) is 3.33. The number of anilines is 1. The first-order valence-corrected chi connectivity index (χ1v) is 9.34. The van der Waals surface area contributed by atoms with Crippen molar-refractivity contribution < 1.29 is 13.9 Å². The highest BCUT2D eigenvalue weighted by Crippen LogP contribution is 2.30. The number of methoxy groups -OCH3 is 1. The molecule has 8 heteroatoms. The molecule has 140 valence electrons. The van der Waals surface area contributed by atoms with Gasteiger partial charge in [-0.15, -0.1) is 0 Å². The van der Waals surface area contributed by atoms with Crippen molar-refractivity contribution in [2.75, 3.05) is 12.4 Å². The average molecular weight is 406 g/mol. The molecule has 0 aliphatic carbocycles. The zero-order chi connectivity index (χ0) is 19.4. The minimum absolute atomic E-state index is 0.227. The van der Waals surface area contributed by atoms with Gasteiger partial charge in [0.1, 0.15) is 11.6 Å². The van der Waals surface area contributed by atoms with E-state index in [1.807, 2.05) is 0 Å². The van der Waals surface area contributed by atoms with Crippen LogP contribution in [-0.2, 0) is 4.79 Å². The molecule has 1 aromatic heterocycles. The Morgan fingerprint density at radius 2 is 2.15 bits per heavy atom. The number of benzene rings is 2. The summed E-state index contributed by atoms with van der Waals surface area (Å²) in [6, 6.07) is 11.2. The van der Waals surface area contributed by atoms with Crippen LogP contribution in [0.15, 0.2) is 60.0 Å². The van der Waals surface area contributed by atoms with Crippen molar-refractivity contribution in [3.8, 4) is 11.4 Å². The lowest BCUT2D eigenvalue weighted by atomic mass is 10.3. The fourth-order valence-corrected chi connectivity index (χ4v) is 3.48. The summed E-state index contributed by atoms with van der Waals surface area (Å²) in [5, 5.41) is 3.44. The van der Waals surface area contributed by atoms with E-state index < -0.39 is 5.25 Å². The first kappa shape index (κ1) is 19.3. The van der Waals surface area contributed by atoms with Crippen LogP contribution in [0.4, 0.5) is 10.1 Å². The Kier molecular flexibility index (Phi) is 6.03. The number of halogens is 2. The highest BCUT2D eigenvalue weighted by atomic mass is 35.5. The lowest BCUT2D eigenvalue weighted by molar-refractivity contribution is -0.115. The zero-order valence-electron chi connectivity index (χ0n) is 14.6. The lowest BCUT2D eigenvalue weighted by Gasteiger charge is -2.15. The van der Waals surface area contributed by atoms with Gasteiger partial charge in [0.15, 0.2) is 5.16 Å². The Morgan fingerprint density at radius 1 is 1.33 bits per heavy atom. The quantitative estimate of drug-likeness (QED) is 0.599. The number of thioether (sulfide) groups is 1. The van der Waals surface area contributed by atoms with Gasteiger partial charge in [-0.1, -0.05) is 29.4 Å². The van der Waals surface area contributed by atoms with Gasteiger partial charge in [-0.25, -0.2) is 9.37 Å². The largest absolute Gasteiger partial charge is 0.495 e. The van der Waals surface area contributed by atoms with Crippen LogP contribution in [0.2, 0.25) is 5.02 Å². The van der Waals surface area contributed by atoms with E-state index in [0.29, 0.717) is 27.3 Å². The van der Waals surface area contributed by atoms with Crippen molar-refractivity contribution in [2.45, 2.75) is 17.3 Å². The molecule has 0 spiro atoms. The third kappa shape index (κ3) is 4.61. The second kappa shape index (κ2) is 8.45. The van der Waals surface area contributed by atoms with Gasteiger partial charge in [-0.2, -0.15) is 0 Å². The second-order valence-electron chi connectivity index (χ2n) is 5.65.